The van der Waals surface area contributed by atoms with E-state index in [2.05, 4.69) is 18.9 Å². The van der Waals surface area contributed by atoms with Crippen LogP contribution in [0.4, 0.5) is 0 Å². The van der Waals surface area contributed by atoms with Gasteiger partial charge in [-0.3, -0.25) is 9.69 Å². The van der Waals surface area contributed by atoms with Crippen LogP contribution in [0.2, 0.25) is 0 Å². The zero-order valence-corrected chi connectivity index (χ0v) is 9.33. The number of hydrogen-bond donors (Lipinski definition) is 0. The molecule has 0 aliphatic heterocycles. The lowest BCUT2D eigenvalue weighted by molar-refractivity contribution is -0.122. The Labute approximate surface area is 86.7 Å². The normalized spacial score (nSPS) is 30.8. The van der Waals surface area contributed by atoms with E-state index in [-0.39, 0.29) is 6.04 Å². The molecule has 2 saturated carbocycles. The van der Waals surface area contributed by atoms with Gasteiger partial charge in [-0.1, -0.05) is 6.42 Å². The highest BCUT2D eigenvalue weighted by atomic mass is 16.1. The van der Waals surface area contributed by atoms with E-state index in [0.717, 1.165) is 25.2 Å². The van der Waals surface area contributed by atoms with Crippen LogP contribution in [0.3, 0.4) is 0 Å². The van der Waals surface area contributed by atoms with Gasteiger partial charge in [0.2, 0.25) is 0 Å². The van der Waals surface area contributed by atoms with Crippen molar-refractivity contribution in [2.24, 2.45) is 5.92 Å². The van der Waals surface area contributed by atoms with E-state index in [1.165, 1.54) is 19.3 Å². The molecule has 80 valence electrons. The Morgan fingerprint density at radius 1 is 1.29 bits per heavy atom. The van der Waals surface area contributed by atoms with Crippen molar-refractivity contribution >= 4 is 5.78 Å². The third-order valence-electron chi connectivity index (χ3n) is 4.24. The van der Waals surface area contributed by atoms with Crippen molar-refractivity contribution in [2.75, 3.05) is 7.05 Å². The summed E-state index contributed by atoms with van der Waals surface area (Å²) in [5, 5.41) is 0. The third-order valence-corrected chi connectivity index (χ3v) is 4.24. The van der Waals surface area contributed by atoms with Gasteiger partial charge in [-0.15, -0.1) is 0 Å². The fourth-order valence-corrected chi connectivity index (χ4v) is 2.77. The predicted octanol–water partition coefficient (Wildman–Crippen LogP) is 2.23. The molecule has 0 heterocycles. The van der Waals surface area contributed by atoms with Crippen LogP contribution in [0.15, 0.2) is 0 Å². The van der Waals surface area contributed by atoms with Crippen molar-refractivity contribution in [3.8, 4) is 0 Å². The van der Waals surface area contributed by atoms with Gasteiger partial charge in [-0.05, 0) is 45.6 Å². The van der Waals surface area contributed by atoms with Crippen LogP contribution >= 0.6 is 0 Å². The number of rotatable bonds is 3. The van der Waals surface area contributed by atoms with Crippen molar-refractivity contribution < 1.29 is 4.79 Å². The SMILES string of the molecule is CC(C1CCC1)N(C)C1CCCC1=O. The maximum atomic E-state index is 11.6. The minimum absolute atomic E-state index is 0.241. The van der Waals surface area contributed by atoms with Crippen LogP contribution < -0.4 is 0 Å². The number of hydrogen-bond acceptors (Lipinski definition) is 2. The fraction of sp³-hybridized carbons (Fsp3) is 0.917. The first-order valence-electron chi connectivity index (χ1n) is 5.95. The first-order valence-corrected chi connectivity index (χ1v) is 5.95. The van der Waals surface area contributed by atoms with Crippen molar-refractivity contribution in [3.05, 3.63) is 0 Å². The summed E-state index contributed by atoms with van der Waals surface area (Å²) in [6, 6.07) is 0.849. The van der Waals surface area contributed by atoms with E-state index in [1.54, 1.807) is 0 Å². The Bertz CT molecular complexity index is 222. The number of carbonyl (C=O) groups excluding carboxylic acids is 1. The second-order valence-electron chi connectivity index (χ2n) is 4.97. The molecule has 2 heteroatoms. The summed E-state index contributed by atoms with van der Waals surface area (Å²) in [6.07, 6.45) is 7.13. The Morgan fingerprint density at radius 3 is 2.43 bits per heavy atom. The van der Waals surface area contributed by atoms with Gasteiger partial charge in [0.05, 0.1) is 6.04 Å². The molecule has 0 N–H and O–H groups in total. The van der Waals surface area contributed by atoms with E-state index in [4.69, 9.17) is 0 Å². The number of likely N-dealkylation sites (N-methyl/N-ethyl adjacent to an activating group) is 1. The molecule has 2 aliphatic rings. The molecule has 14 heavy (non-hydrogen) atoms. The second-order valence-corrected chi connectivity index (χ2v) is 4.97. The zero-order valence-electron chi connectivity index (χ0n) is 9.33. The second kappa shape index (κ2) is 4.01. The summed E-state index contributed by atoms with van der Waals surface area (Å²) in [6.45, 7) is 2.29. The zero-order chi connectivity index (χ0) is 10.1. The molecule has 2 unspecified atom stereocenters. The first kappa shape index (κ1) is 10.2. The van der Waals surface area contributed by atoms with Crippen LogP contribution in [0.5, 0.6) is 0 Å². The minimum Gasteiger partial charge on any atom is -0.298 e. The third kappa shape index (κ3) is 1.72. The Kier molecular flexibility index (Phi) is 2.91. The van der Waals surface area contributed by atoms with Gasteiger partial charge < -0.3 is 0 Å². The molecule has 0 spiro atoms. The molecule has 2 fully saturated rings. The standard InChI is InChI=1S/C12H21NO/c1-9(10-5-3-6-10)13(2)11-7-4-8-12(11)14/h9-11H,3-8H2,1-2H3. The quantitative estimate of drug-likeness (QED) is 0.688. The van der Waals surface area contributed by atoms with E-state index >= 15 is 0 Å². The summed E-state index contributed by atoms with van der Waals surface area (Å²) in [7, 11) is 2.14. The molecule has 0 amide bonds. The number of Topliss-reactive ketones (excluding diaryl/α,β-unsaturated/α-hetero) is 1. The minimum atomic E-state index is 0.241. The van der Waals surface area contributed by atoms with Crippen LogP contribution in [0.25, 0.3) is 0 Å². The highest BCUT2D eigenvalue weighted by molar-refractivity contribution is 5.85. The molecule has 0 aromatic heterocycles. The highest BCUT2D eigenvalue weighted by Crippen LogP contribution is 2.33. The van der Waals surface area contributed by atoms with Gasteiger partial charge >= 0.3 is 0 Å². The van der Waals surface area contributed by atoms with Crippen molar-refractivity contribution in [1.29, 1.82) is 0 Å². The Morgan fingerprint density at radius 2 is 2.00 bits per heavy atom. The highest BCUT2D eigenvalue weighted by Gasteiger charge is 2.34. The lowest BCUT2D eigenvalue weighted by Crippen LogP contribution is -2.46. The molecule has 2 nitrogen and oxygen atoms in total. The summed E-state index contributed by atoms with van der Waals surface area (Å²) >= 11 is 0. The predicted molar refractivity (Wildman–Crippen MR) is 57.2 cm³/mol. The smallest absolute Gasteiger partial charge is 0.149 e. The van der Waals surface area contributed by atoms with Crippen molar-refractivity contribution in [2.45, 2.75) is 57.5 Å². The van der Waals surface area contributed by atoms with Gasteiger partial charge in [0.1, 0.15) is 5.78 Å². The topological polar surface area (TPSA) is 20.3 Å². The largest absolute Gasteiger partial charge is 0.298 e. The monoisotopic (exact) mass is 195 g/mol. The van der Waals surface area contributed by atoms with Crippen LogP contribution in [-0.4, -0.2) is 29.8 Å². The van der Waals surface area contributed by atoms with Gasteiger partial charge in [0.15, 0.2) is 0 Å². The van der Waals surface area contributed by atoms with Crippen molar-refractivity contribution in [3.63, 3.8) is 0 Å². The Balaban J connectivity index is 1.92. The molecule has 2 rings (SSSR count). The number of carbonyl (C=O) groups is 1. The molecule has 2 atom stereocenters. The van der Waals surface area contributed by atoms with Gasteiger partial charge in [0, 0.05) is 12.5 Å². The van der Waals surface area contributed by atoms with Crippen LogP contribution in [0.1, 0.15) is 45.4 Å². The molecule has 0 bridgehead atoms. The molecular formula is C12H21NO. The van der Waals surface area contributed by atoms with Gasteiger partial charge in [-0.2, -0.15) is 0 Å². The lowest BCUT2D eigenvalue weighted by Gasteiger charge is -2.39. The van der Waals surface area contributed by atoms with E-state index in [0.29, 0.717) is 11.8 Å². The maximum Gasteiger partial charge on any atom is 0.149 e. The fourth-order valence-electron chi connectivity index (χ4n) is 2.77. The Hall–Kier alpha value is -0.370. The summed E-state index contributed by atoms with van der Waals surface area (Å²) in [5.74, 6) is 1.33. The molecular weight excluding hydrogens is 174 g/mol. The average molecular weight is 195 g/mol. The number of ketones is 1. The maximum absolute atomic E-state index is 11.6. The summed E-state index contributed by atoms with van der Waals surface area (Å²) in [5.41, 5.74) is 0. The average Bonchev–Trinajstić information content (AvgIpc) is 2.47. The first-order chi connectivity index (χ1) is 6.70. The summed E-state index contributed by atoms with van der Waals surface area (Å²) < 4.78 is 0. The van der Waals surface area contributed by atoms with Crippen LogP contribution in [0, 0.1) is 5.92 Å². The molecule has 0 radical (unpaired) electrons. The molecule has 0 aromatic rings. The van der Waals surface area contributed by atoms with Gasteiger partial charge in [0.25, 0.3) is 0 Å². The van der Waals surface area contributed by atoms with E-state index in [1.807, 2.05) is 0 Å². The molecule has 0 aromatic carbocycles. The number of nitrogens with zero attached hydrogens (tertiary/aromatic N) is 1. The molecule has 2 aliphatic carbocycles. The van der Waals surface area contributed by atoms with Crippen LogP contribution in [-0.2, 0) is 4.79 Å². The van der Waals surface area contributed by atoms with Crippen molar-refractivity contribution in [1.82, 2.24) is 4.90 Å². The lowest BCUT2D eigenvalue weighted by atomic mass is 9.79. The summed E-state index contributed by atoms with van der Waals surface area (Å²) in [4.78, 5) is 13.9. The van der Waals surface area contributed by atoms with E-state index < -0.39 is 0 Å². The molecule has 0 saturated heterocycles. The van der Waals surface area contributed by atoms with Gasteiger partial charge in [-0.25, -0.2) is 0 Å². The van der Waals surface area contributed by atoms with E-state index in [9.17, 15) is 4.79 Å².